The lowest BCUT2D eigenvalue weighted by atomic mass is 9.79. The van der Waals surface area contributed by atoms with E-state index in [1.165, 1.54) is 12.1 Å². The fraction of sp³-hybridized carbons (Fsp3) is 0.0833. The maximum Gasteiger partial charge on any atom is 0.494 e. The largest absolute Gasteiger partial charge is 0.494 e. The lowest BCUT2D eigenvalue weighted by Gasteiger charge is -2.32. The van der Waals surface area contributed by atoms with Crippen molar-refractivity contribution in [3.8, 4) is 22.5 Å². The summed E-state index contributed by atoms with van der Waals surface area (Å²) in [6, 6.07) is 87.5. The van der Waals surface area contributed by atoms with E-state index in [4.69, 9.17) is 51.0 Å². The first-order chi connectivity index (χ1) is 54.2. The molecule has 1 fully saturated rings. The van der Waals surface area contributed by atoms with Crippen LogP contribution in [0.4, 0.5) is 61.9 Å². The average Bonchev–Trinajstić information content (AvgIpc) is 1.61. The highest BCUT2D eigenvalue weighted by molar-refractivity contribution is 9.11. The van der Waals surface area contributed by atoms with E-state index in [0.29, 0.717) is 26.8 Å². The van der Waals surface area contributed by atoms with Crippen LogP contribution in [-0.4, -0.2) is 68.8 Å². The van der Waals surface area contributed by atoms with Crippen LogP contribution in [0.2, 0.25) is 0 Å². The molecule has 5 heterocycles. The number of nitro groups is 2. The number of nitrogens with one attached hydrogen (secondary N) is 2. The Morgan fingerprint density at radius 3 is 1.36 bits per heavy atom. The minimum Gasteiger partial charge on any atom is -0.483 e. The summed E-state index contributed by atoms with van der Waals surface area (Å²) in [5.74, 6) is -0.829. The summed E-state index contributed by atoms with van der Waals surface area (Å²) >= 11 is 13.2. The van der Waals surface area contributed by atoms with Gasteiger partial charge in [-0.1, -0.05) is 180 Å². The molecule has 30 heteroatoms. The van der Waals surface area contributed by atoms with Gasteiger partial charge in [0.25, 0.3) is 24.2 Å². The van der Waals surface area contributed by atoms with Crippen LogP contribution in [0.25, 0.3) is 66.8 Å². The second kappa shape index (κ2) is 40.1. The normalized spacial score (nSPS) is 11.9. The van der Waals surface area contributed by atoms with E-state index in [0.717, 1.165) is 110 Å². The maximum absolute atomic E-state index is 12.6. The highest BCUT2D eigenvalue weighted by Gasteiger charge is 2.51. The van der Waals surface area contributed by atoms with Gasteiger partial charge >= 0.3 is 12.8 Å². The molecule has 1 aliphatic heterocycles. The molecule has 114 heavy (non-hydrogen) atoms. The Bertz CT molecular complexity index is 5860. The number of hydrogen-bond acceptors (Lipinski definition) is 19. The Balaban J connectivity index is 0.000000155. The van der Waals surface area contributed by atoms with Gasteiger partial charge in [-0.25, -0.2) is 9.97 Å². The fourth-order valence-corrected chi connectivity index (χ4v) is 12.2. The molecular formula is C84H76BBr4FN14O10. The molecule has 0 unspecified atom stereocenters. The second-order valence-corrected chi connectivity index (χ2v) is 29.0. The van der Waals surface area contributed by atoms with E-state index in [2.05, 4.69) is 146 Å². The van der Waals surface area contributed by atoms with Gasteiger partial charge < -0.3 is 56.8 Å². The van der Waals surface area contributed by atoms with Crippen LogP contribution >= 0.6 is 63.7 Å². The number of carboxylic acid groups (broad SMARTS) is 1. The van der Waals surface area contributed by atoms with Gasteiger partial charge in [0.15, 0.2) is 11.2 Å². The number of oxazole rings is 2. The van der Waals surface area contributed by atoms with Crippen LogP contribution in [0.5, 0.6) is 0 Å². The molecule has 0 aliphatic carbocycles. The average molecular weight is 1790 g/mol. The number of imidazole rings is 2. The number of fused-ring (bicyclic) bond motifs is 4. The van der Waals surface area contributed by atoms with Crippen molar-refractivity contribution < 1.29 is 42.3 Å². The van der Waals surface area contributed by atoms with Gasteiger partial charge in [-0.05, 0) is 202 Å². The maximum atomic E-state index is 12.6. The molecule has 12 aromatic carbocycles. The van der Waals surface area contributed by atoms with Gasteiger partial charge in [0, 0.05) is 58.5 Å². The van der Waals surface area contributed by atoms with E-state index in [9.17, 15) is 24.6 Å². The Hall–Kier alpha value is -12.6. The van der Waals surface area contributed by atoms with Crippen LogP contribution in [0, 0.1) is 26.0 Å². The summed E-state index contributed by atoms with van der Waals surface area (Å²) in [4.78, 5) is 45.4. The lowest BCUT2D eigenvalue weighted by Crippen LogP contribution is -2.41. The molecule has 0 spiro atoms. The Morgan fingerprint density at radius 2 is 0.868 bits per heavy atom. The van der Waals surface area contributed by atoms with E-state index in [1.54, 1.807) is 12.1 Å². The quantitative estimate of drug-likeness (QED) is 0.0220. The number of anilines is 8. The van der Waals surface area contributed by atoms with Gasteiger partial charge in [-0.3, -0.25) is 34.2 Å². The number of rotatable bonds is 10. The number of carbonyl (C=O) groups is 1. The number of nitrogens with zero attached hydrogens (tertiary/aromatic N) is 8. The molecule has 0 radical (unpaired) electrons. The van der Waals surface area contributed by atoms with Crippen molar-refractivity contribution in [2.75, 3.05) is 33.6 Å². The van der Waals surface area contributed by atoms with E-state index >= 15 is 0 Å². The van der Waals surface area contributed by atoms with Gasteiger partial charge in [-0.2, -0.15) is 14.4 Å². The predicted molar refractivity (Wildman–Crippen MR) is 467 cm³/mol. The van der Waals surface area contributed by atoms with Gasteiger partial charge in [0.05, 0.1) is 54.5 Å². The van der Waals surface area contributed by atoms with Crippen LogP contribution in [0.15, 0.2) is 318 Å². The molecule has 4 aromatic heterocycles. The van der Waals surface area contributed by atoms with Gasteiger partial charge in [0.1, 0.15) is 29.4 Å². The molecule has 17 rings (SSSR count). The molecule has 16 aromatic rings. The smallest absolute Gasteiger partial charge is 0.483 e. The van der Waals surface area contributed by atoms with Gasteiger partial charge in [-0.15, -0.1) is 0 Å². The minimum absolute atomic E-state index is 0. The van der Waals surface area contributed by atoms with Crippen LogP contribution in [-0.2, 0) is 14.1 Å². The number of benzene rings is 12. The van der Waals surface area contributed by atoms with E-state index in [1.807, 2.05) is 241 Å². The molecule has 0 bridgehead atoms. The monoisotopic (exact) mass is 1790 g/mol. The summed E-state index contributed by atoms with van der Waals surface area (Å²) in [6.07, 6.45) is 3.71. The van der Waals surface area contributed by atoms with Crippen molar-refractivity contribution in [2.45, 2.75) is 46.3 Å². The summed E-state index contributed by atoms with van der Waals surface area (Å²) < 4.78 is 42.7. The van der Waals surface area contributed by atoms with Crippen molar-refractivity contribution in [2.24, 2.45) is 0 Å². The van der Waals surface area contributed by atoms with Crippen LogP contribution < -0.4 is 39.0 Å². The Morgan fingerprint density at radius 1 is 0.474 bits per heavy atom. The third-order valence-corrected chi connectivity index (χ3v) is 19.0. The first-order valence-electron chi connectivity index (χ1n) is 34.2. The fourth-order valence-electron chi connectivity index (χ4n) is 10.8. The topological polar surface area (TPSA) is 358 Å². The molecule has 0 saturated carbocycles. The predicted octanol–water partition coefficient (Wildman–Crippen LogP) is 21.9. The van der Waals surface area contributed by atoms with Crippen molar-refractivity contribution in [3.63, 3.8) is 0 Å². The summed E-state index contributed by atoms with van der Waals surface area (Å²) in [5, 5.41) is 34.1. The first-order valence-corrected chi connectivity index (χ1v) is 37.4. The minimum atomic E-state index is -0.829. The molecule has 24 nitrogen and oxygen atoms in total. The molecular weight excluding hydrogens is 1710 g/mol. The highest BCUT2D eigenvalue weighted by atomic mass is 79.9. The third-order valence-electron chi connectivity index (χ3n) is 17.0. The second-order valence-electron chi connectivity index (χ2n) is 25.3. The standard InChI is InChI=1S/C20H14N4O.C13H17BN2O3.C13H9BrN2.C12H9BrN2O2.C12H11BrN2.C6H3BrFNO2.C6H7N.CH2O2.CH4/c21-20-23-17-10-13(7-9-19(17)25-20)14-6-8-16-18(11-14)24(12-22-16)15-4-2-1-3-5-15;1-12(2)13(3,4)19-14(18-12)8-5-6-10-9(7-8)16-11(15)17-10;14-10-6-7-12-13(8-10)16(9-15-12)11-4-2-1-3-5-11;13-9-6-7-12(15(16)17)11(8-9)14-10-4-2-1-3-5-10;13-9-6-7-11(14)12(8-9)15-10-4-2-1-3-5-10;7-4-1-2-6(9(10)11)5(8)3-4;7-6-4-2-1-3-5-6;2-1-3;/h1-12H,(H2,21,23);5-7H,1-4H3,(H2,15,16);1-9H;1-8,14H;1-8,15H,14H2;1-3H;1-5H,7H2;1H,(H,2,3);1H4. The SMILES string of the molecule is Brc1ccc2ncn(-c3ccccc3)c2c1.C.CC1(C)OB(c2ccc3oc(N)nc3c2)OC1(C)C.Nc1ccc(Br)cc1Nc1ccccc1.Nc1ccccc1.Nc1nc2cc(-c3ccc4ncn(-c5ccccc5)c4c3)ccc2o1.O=CO.O=[N+]([O-])c1ccc(Br)cc1F.O=[N+]([O-])c1ccc(Br)cc1Nc1ccccc1. The van der Waals surface area contributed by atoms with Crippen molar-refractivity contribution in [1.29, 1.82) is 0 Å². The molecule has 0 atom stereocenters. The third kappa shape index (κ3) is 23.3. The molecule has 0 amide bonds. The number of para-hydroxylation sites is 5. The Labute approximate surface area is 689 Å². The number of nitrogen functional groups attached to an aromatic ring is 4. The van der Waals surface area contributed by atoms with Crippen molar-refractivity contribution in [3.05, 3.63) is 336 Å². The zero-order valence-corrected chi connectivity index (χ0v) is 67.1. The zero-order chi connectivity index (χ0) is 80.8. The number of halogens is 5. The van der Waals surface area contributed by atoms with Crippen molar-refractivity contribution in [1.82, 2.24) is 29.1 Å². The molecule has 1 saturated heterocycles. The van der Waals surface area contributed by atoms with Gasteiger partial charge in [0.2, 0.25) is 5.82 Å². The molecule has 580 valence electrons. The number of nitro benzene ring substituents is 2. The summed E-state index contributed by atoms with van der Waals surface area (Å²) in [7, 11) is -0.396. The number of hydrogen-bond donors (Lipinski definition) is 7. The van der Waals surface area contributed by atoms with Crippen molar-refractivity contribution >= 4 is 185 Å². The lowest BCUT2D eigenvalue weighted by molar-refractivity contribution is -0.387. The molecule has 11 N–H and O–H groups in total. The zero-order valence-electron chi connectivity index (χ0n) is 60.8. The number of aromatic nitrogens is 6. The van der Waals surface area contributed by atoms with E-state index < -0.39 is 28.5 Å². The Kier molecular flexibility index (Phi) is 30.0. The molecule has 1 aliphatic rings. The van der Waals surface area contributed by atoms with E-state index in [-0.39, 0.29) is 42.8 Å². The van der Waals surface area contributed by atoms with Crippen LogP contribution in [0.1, 0.15) is 35.1 Å². The highest BCUT2D eigenvalue weighted by Crippen LogP contribution is 2.38. The summed E-state index contributed by atoms with van der Waals surface area (Å²) in [6.45, 7) is 7.86. The summed E-state index contributed by atoms with van der Waals surface area (Å²) in [5.41, 5.74) is 38.3. The number of nitrogens with two attached hydrogens (primary N) is 4. The van der Waals surface area contributed by atoms with Crippen LogP contribution in [0.3, 0.4) is 0 Å². The first kappa shape index (κ1) is 85.4.